The van der Waals surface area contributed by atoms with Gasteiger partial charge in [0.1, 0.15) is 5.82 Å². The van der Waals surface area contributed by atoms with Crippen molar-refractivity contribution in [1.29, 1.82) is 0 Å². The van der Waals surface area contributed by atoms with Gasteiger partial charge < -0.3 is 4.90 Å². The highest BCUT2D eigenvalue weighted by atomic mass is 32.2. The summed E-state index contributed by atoms with van der Waals surface area (Å²) in [6.07, 6.45) is 2.06. The second-order valence-electron chi connectivity index (χ2n) is 8.72. The molecule has 1 amide bonds. The van der Waals surface area contributed by atoms with Gasteiger partial charge in [0.15, 0.2) is 0 Å². The third-order valence-corrected chi connectivity index (χ3v) is 8.24. The van der Waals surface area contributed by atoms with Gasteiger partial charge in [-0.1, -0.05) is 34.1 Å². The highest BCUT2D eigenvalue weighted by Crippen LogP contribution is 2.36. The lowest BCUT2D eigenvalue weighted by Gasteiger charge is -2.45. The number of hydrogen-bond acceptors (Lipinski definition) is 4. The standard InChI is InChI=1S/C21H32FN3O3S/c1-5-16(4)14-25-20(26)19(15(2)3)23-21(25)10-12-24(13-11-21)29(27,28)18-8-6-17(22)7-9-18/h6-9,15-16,19,23H,5,10-14H2,1-4H3/t16-,19+/m0/s1. The molecule has 2 heterocycles. The molecule has 0 aliphatic carbocycles. The van der Waals surface area contributed by atoms with E-state index in [1.54, 1.807) is 0 Å². The SMILES string of the molecule is CC[C@H](C)CN1C(=O)[C@@H](C(C)C)NC12CCN(S(=O)(=O)c1ccc(F)cc1)CC2. The fraction of sp³-hybridized carbons (Fsp3) is 0.667. The Hall–Kier alpha value is -1.51. The van der Waals surface area contributed by atoms with E-state index in [2.05, 4.69) is 19.2 Å². The summed E-state index contributed by atoms with van der Waals surface area (Å²) in [6.45, 7) is 9.63. The topological polar surface area (TPSA) is 69.7 Å². The van der Waals surface area contributed by atoms with Crippen molar-refractivity contribution in [3.05, 3.63) is 30.1 Å². The Morgan fingerprint density at radius 3 is 2.28 bits per heavy atom. The first-order chi connectivity index (χ1) is 13.6. The van der Waals surface area contributed by atoms with E-state index in [4.69, 9.17) is 0 Å². The van der Waals surface area contributed by atoms with Crippen LogP contribution < -0.4 is 5.32 Å². The molecule has 2 fully saturated rings. The Balaban J connectivity index is 1.80. The molecular formula is C21H32FN3O3S. The second kappa shape index (κ2) is 8.32. The van der Waals surface area contributed by atoms with E-state index in [-0.39, 0.29) is 22.8 Å². The van der Waals surface area contributed by atoms with Crippen molar-refractivity contribution in [3.63, 3.8) is 0 Å². The largest absolute Gasteiger partial charge is 0.323 e. The van der Waals surface area contributed by atoms with Crippen LogP contribution in [0.1, 0.15) is 47.0 Å². The van der Waals surface area contributed by atoms with Gasteiger partial charge in [-0.05, 0) is 48.9 Å². The molecule has 0 saturated carbocycles. The molecule has 0 radical (unpaired) electrons. The van der Waals surface area contributed by atoms with Crippen LogP contribution in [-0.4, -0.2) is 54.9 Å². The average molecular weight is 426 g/mol. The minimum Gasteiger partial charge on any atom is -0.323 e. The van der Waals surface area contributed by atoms with Crippen molar-refractivity contribution in [2.24, 2.45) is 11.8 Å². The Kier molecular flexibility index (Phi) is 6.36. The summed E-state index contributed by atoms with van der Waals surface area (Å²) in [5.74, 6) is 0.206. The number of carbonyl (C=O) groups is 1. The molecule has 1 N–H and O–H groups in total. The van der Waals surface area contributed by atoms with E-state index >= 15 is 0 Å². The van der Waals surface area contributed by atoms with Crippen molar-refractivity contribution in [2.45, 2.75) is 63.6 Å². The zero-order chi connectivity index (χ0) is 21.4. The molecule has 2 atom stereocenters. The zero-order valence-electron chi connectivity index (χ0n) is 17.7. The molecule has 6 nitrogen and oxygen atoms in total. The molecule has 2 aliphatic heterocycles. The van der Waals surface area contributed by atoms with Gasteiger partial charge in [-0.2, -0.15) is 4.31 Å². The molecule has 0 unspecified atom stereocenters. The number of carbonyl (C=O) groups excluding carboxylic acids is 1. The molecular weight excluding hydrogens is 393 g/mol. The highest BCUT2D eigenvalue weighted by molar-refractivity contribution is 7.89. The Morgan fingerprint density at radius 2 is 1.76 bits per heavy atom. The number of amides is 1. The van der Waals surface area contributed by atoms with E-state index in [1.807, 2.05) is 18.7 Å². The Morgan fingerprint density at radius 1 is 1.17 bits per heavy atom. The van der Waals surface area contributed by atoms with Gasteiger partial charge >= 0.3 is 0 Å². The molecule has 8 heteroatoms. The van der Waals surface area contributed by atoms with Gasteiger partial charge in [-0.15, -0.1) is 0 Å². The summed E-state index contributed by atoms with van der Waals surface area (Å²) < 4.78 is 40.5. The summed E-state index contributed by atoms with van der Waals surface area (Å²) in [4.78, 5) is 15.2. The number of hydrogen-bond donors (Lipinski definition) is 1. The van der Waals surface area contributed by atoms with E-state index in [0.717, 1.165) is 18.6 Å². The van der Waals surface area contributed by atoms with Crippen molar-refractivity contribution in [1.82, 2.24) is 14.5 Å². The third kappa shape index (κ3) is 4.20. The minimum atomic E-state index is -3.68. The number of benzene rings is 1. The number of sulfonamides is 1. The van der Waals surface area contributed by atoms with Crippen LogP contribution in [0.15, 0.2) is 29.2 Å². The predicted octanol–water partition coefficient (Wildman–Crippen LogP) is 2.81. The lowest BCUT2D eigenvalue weighted by Crippen LogP contribution is -2.60. The van der Waals surface area contributed by atoms with Gasteiger partial charge in [0.05, 0.1) is 16.6 Å². The van der Waals surface area contributed by atoms with Crippen LogP contribution in [0.4, 0.5) is 4.39 Å². The molecule has 2 aliphatic rings. The smallest absolute Gasteiger partial charge is 0.243 e. The molecule has 1 aromatic rings. The van der Waals surface area contributed by atoms with Crippen LogP contribution in [0.2, 0.25) is 0 Å². The van der Waals surface area contributed by atoms with E-state index in [9.17, 15) is 17.6 Å². The minimum absolute atomic E-state index is 0.0989. The van der Waals surface area contributed by atoms with Gasteiger partial charge in [-0.3, -0.25) is 10.1 Å². The number of piperidine rings is 1. The summed E-state index contributed by atoms with van der Waals surface area (Å²) in [5, 5.41) is 3.56. The van der Waals surface area contributed by atoms with Gasteiger partial charge in [-0.25, -0.2) is 12.8 Å². The summed E-state index contributed by atoms with van der Waals surface area (Å²) >= 11 is 0. The van der Waals surface area contributed by atoms with E-state index in [0.29, 0.717) is 38.4 Å². The first-order valence-corrected chi connectivity index (χ1v) is 11.9. The van der Waals surface area contributed by atoms with Crippen LogP contribution in [0.25, 0.3) is 0 Å². The number of nitrogens with zero attached hydrogens (tertiary/aromatic N) is 2. The summed E-state index contributed by atoms with van der Waals surface area (Å²) in [6, 6.07) is 4.69. The van der Waals surface area contributed by atoms with Crippen LogP contribution in [0, 0.1) is 17.7 Å². The molecule has 1 aromatic carbocycles. The lowest BCUT2D eigenvalue weighted by atomic mass is 9.95. The molecule has 2 saturated heterocycles. The van der Waals surface area contributed by atoms with E-state index < -0.39 is 21.5 Å². The normalized spacial score (nSPS) is 23.9. The molecule has 1 spiro atoms. The first kappa shape index (κ1) is 22.2. The van der Waals surface area contributed by atoms with Crippen LogP contribution >= 0.6 is 0 Å². The van der Waals surface area contributed by atoms with Gasteiger partial charge in [0, 0.05) is 19.6 Å². The maximum absolute atomic E-state index is 13.2. The van der Waals surface area contributed by atoms with Crippen LogP contribution in [0.5, 0.6) is 0 Å². The third-order valence-electron chi connectivity index (χ3n) is 6.33. The van der Waals surface area contributed by atoms with Crippen molar-refractivity contribution < 1.29 is 17.6 Å². The summed E-state index contributed by atoms with van der Waals surface area (Å²) in [5.41, 5.74) is -0.496. The monoisotopic (exact) mass is 425 g/mol. The van der Waals surface area contributed by atoms with Crippen LogP contribution in [-0.2, 0) is 14.8 Å². The van der Waals surface area contributed by atoms with Crippen molar-refractivity contribution in [2.75, 3.05) is 19.6 Å². The number of nitrogens with one attached hydrogen (secondary N) is 1. The van der Waals surface area contributed by atoms with Gasteiger partial charge in [0.25, 0.3) is 0 Å². The average Bonchev–Trinajstić information content (AvgIpc) is 2.95. The van der Waals surface area contributed by atoms with E-state index in [1.165, 1.54) is 16.4 Å². The fourth-order valence-corrected chi connectivity index (χ4v) is 5.67. The highest BCUT2D eigenvalue weighted by Gasteiger charge is 2.53. The molecule has 3 rings (SSSR count). The molecule has 29 heavy (non-hydrogen) atoms. The van der Waals surface area contributed by atoms with Gasteiger partial charge in [0.2, 0.25) is 15.9 Å². The quantitative estimate of drug-likeness (QED) is 0.761. The fourth-order valence-electron chi connectivity index (χ4n) is 4.23. The van der Waals surface area contributed by atoms with Crippen LogP contribution in [0.3, 0.4) is 0 Å². The molecule has 162 valence electrons. The second-order valence-corrected chi connectivity index (χ2v) is 10.7. The Labute approximate surface area is 173 Å². The molecule has 0 aromatic heterocycles. The Bertz CT molecular complexity index is 833. The summed E-state index contributed by atoms with van der Waals surface area (Å²) in [7, 11) is -3.68. The van der Waals surface area contributed by atoms with Crippen molar-refractivity contribution >= 4 is 15.9 Å². The molecule has 0 bridgehead atoms. The predicted molar refractivity (Wildman–Crippen MR) is 110 cm³/mol. The van der Waals surface area contributed by atoms with Crippen molar-refractivity contribution in [3.8, 4) is 0 Å². The number of halogens is 1. The lowest BCUT2D eigenvalue weighted by molar-refractivity contribution is -0.134. The number of rotatable bonds is 6. The first-order valence-electron chi connectivity index (χ1n) is 10.5. The zero-order valence-corrected chi connectivity index (χ0v) is 18.5. The maximum atomic E-state index is 13.2. The maximum Gasteiger partial charge on any atom is 0.243 e.